The van der Waals surface area contributed by atoms with E-state index in [2.05, 4.69) is 5.32 Å². The van der Waals surface area contributed by atoms with Crippen molar-refractivity contribution in [3.8, 4) is 0 Å². The first-order valence-electron chi connectivity index (χ1n) is 7.86. The lowest BCUT2D eigenvalue weighted by atomic mass is 9.69. The Morgan fingerprint density at radius 1 is 1.38 bits per heavy atom. The van der Waals surface area contributed by atoms with Gasteiger partial charge in [0.2, 0.25) is 0 Å². The zero-order valence-electron chi connectivity index (χ0n) is 12.9. The molecular weight excluding hydrogens is 274 g/mol. The summed E-state index contributed by atoms with van der Waals surface area (Å²) in [5.74, 6) is -0.0858. The van der Waals surface area contributed by atoms with Crippen molar-refractivity contribution in [2.75, 3.05) is 33.5 Å². The molecule has 4 unspecified atom stereocenters. The third-order valence-electron chi connectivity index (χ3n) is 5.13. The zero-order valence-corrected chi connectivity index (χ0v) is 12.9. The van der Waals surface area contributed by atoms with Crippen molar-refractivity contribution >= 4 is 5.91 Å². The molecule has 1 spiro atoms. The molecule has 6 heteroatoms. The van der Waals surface area contributed by atoms with E-state index in [0.29, 0.717) is 26.2 Å². The maximum absolute atomic E-state index is 12.6. The monoisotopic (exact) mass is 299 g/mol. The summed E-state index contributed by atoms with van der Waals surface area (Å²) in [6.07, 6.45) is 3.46. The molecule has 6 nitrogen and oxygen atoms in total. The second-order valence-electron chi connectivity index (χ2n) is 6.11. The van der Waals surface area contributed by atoms with Crippen molar-refractivity contribution in [3.63, 3.8) is 0 Å². The second kappa shape index (κ2) is 5.83. The summed E-state index contributed by atoms with van der Waals surface area (Å²) in [7, 11) is 1.57. The van der Waals surface area contributed by atoms with Crippen molar-refractivity contribution in [1.29, 1.82) is 0 Å². The van der Waals surface area contributed by atoms with E-state index in [9.17, 15) is 4.79 Å². The average Bonchev–Trinajstić information content (AvgIpc) is 3.17. The van der Waals surface area contributed by atoms with Crippen LogP contribution in [0.5, 0.6) is 0 Å². The van der Waals surface area contributed by atoms with Crippen LogP contribution < -0.4 is 5.32 Å². The minimum atomic E-state index is -0.837. The highest BCUT2D eigenvalue weighted by Gasteiger charge is 2.60. The predicted octanol–water partition coefficient (Wildman–Crippen LogP) is 0.635. The van der Waals surface area contributed by atoms with Gasteiger partial charge in [0, 0.05) is 26.7 Å². The standard InChI is InChI=1S/C15H25NO5/c1-3-20-12-9-11(15(12)5-4-7-21-15)16-13(17)14(18-2)6-8-19-10-14/h11-12H,3-10H2,1-2H3,(H,16,17). The number of hydrogen-bond donors (Lipinski definition) is 1. The van der Waals surface area contributed by atoms with Gasteiger partial charge >= 0.3 is 0 Å². The quantitative estimate of drug-likeness (QED) is 0.807. The Hall–Kier alpha value is -0.690. The van der Waals surface area contributed by atoms with Crippen molar-refractivity contribution in [2.24, 2.45) is 0 Å². The summed E-state index contributed by atoms with van der Waals surface area (Å²) >= 11 is 0. The molecule has 1 amide bonds. The van der Waals surface area contributed by atoms with Crippen LogP contribution in [0.1, 0.15) is 32.6 Å². The third kappa shape index (κ3) is 2.38. The van der Waals surface area contributed by atoms with Crippen molar-refractivity contribution in [3.05, 3.63) is 0 Å². The molecule has 21 heavy (non-hydrogen) atoms. The number of methoxy groups -OCH3 is 1. The van der Waals surface area contributed by atoms with Crippen LogP contribution in [0.4, 0.5) is 0 Å². The summed E-state index contributed by atoms with van der Waals surface area (Å²) in [5, 5.41) is 3.12. The summed E-state index contributed by atoms with van der Waals surface area (Å²) in [4.78, 5) is 12.6. The molecule has 1 saturated carbocycles. The Kier molecular flexibility index (Phi) is 4.23. The molecule has 3 rings (SSSR count). The highest BCUT2D eigenvalue weighted by Crippen LogP contribution is 2.46. The van der Waals surface area contributed by atoms with Crippen molar-refractivity contribution in [2.45, 2.75) is 56.0 Å². The summed E-state index contributed by atoms with van der Waals surface area (Å²) < 4.78 is 22.5. The van der Waals surface area contributed by atoms with Gasteiger partial charge in [0.25, 0.3) is 5.91 Å². The normalized spacial score (nSPS) is 42.2. The van der Waals surface area contributed by atoms with Crippen LogP contribution >= 0.6 is 0 Å². The lowest BCUT2D eigenvalue weighted by Gasteiger charge is -2.53. The van der Waals surface area contributed by atoms with Gasteiger partial charge in [-0.15, -0.1) is 0 Å². The second-order valence-corrected chi connectivity index (χ2v) is 6.11. The smallest absolute Gasteiger partial charge is 0.255 e. The van der Waals surface area contributed by atoms with Crippen molar-refractivity contribution < 1.29 is 23.7 Å². The van der Waals surface area contributed by atoms with Crippen LogP contribution in [-0.2, 0) is 23.7 Å². The van der Waals surface area contributed by atoms with E-state index >= 15 is 0 Å². The summed E-state index contributed by atoms with van der Waals surface area (Å²) in [5.41, 5.74) is -1.17. The number of carbonyl (C=O) groups is 1. The van der Waals surface area contributed by atoms with Gasteiger partial charge < -0.3 is 24.3 Å². The minimum absolute atomic E-state index is 0.0108. The van der Waals surface area contributed by atoms with E-state index in [0.717, 1.165) is 25.9 Å². The number of carbonyl (C=O) groups excluding carboxylic acids is 1. The molecule has 4 atom stereocenters. The fraction of sp³-hybridized carbons (Fsp3) is 0.933. The molecule has 2 aliphatic heterocycles. The summed E-state index contributed by atoms with van der Waals surface area (Å²) in [6.45, 7) is 4.30. The average molecular weight is 299 g/mol. The molecule has 1 aliphatic carbocycles. The molecule has 0 aromatic heterocycles. The molecule has 0 bridgehead atoms. The zero-order chi connectivity index (χ0) is 14.9. The Morgan fingerprint density at radius 2 is 2.24 bits per heavy atom. The molecule has 3 fully saturated rings. The van der Waals surface area contributed by atoms with E-state index < -0.39 is 5.60 Å². The molecule has 2 saturated heterocycles. The van der Waals surface area contributed by atoms with Crippen LogP contribution in [0, 0.1) is 0 Å². The highest BCUT2D eigenvalue weighted by molar-refractivity contribution is 5.86. The largest absolute Gasteiger partial charge is 0.378 e. The fourth-order valence-corrected chi connectivity index (χ4v) is 3.75. The van der Waals surface area contributed by atoms with Gasteiger partial charge in [0.05, 0.1) is 25.4 Å². The van der Waals surface area contributed by atoms with E-state index in [-0.39, 0.29) is 23.7 Å². The summed E-state index contributed by atoms with van der Waals surface area (Å²) in [6, 6.07) is 0.0108. The molecular formula is C15H25NO5. The van der Waals surface area contributed by atoms with Crippen LogP contribution in [-0.4, -0.2) is 62.8 Å². The van der Waals surface area contributed by atoms with E-state index in [1.165, 1.54) is 0 Å². The first kappa shape index (κ1) is 15.2. The van der Waals surface area contributed by atoms with E-state index in [1.807, 2.05) is 6.92 Å². The molecule has 1 N–H and O–H groups in total. The Balaban J connectivity index is 1.66. The van der Waals surface area contributed by atoms with Crippen molar-refractivity contribution in [1.82, 2.24) is 5.32 Å². The molecule has 2 heterocycles. The van der Waals surface area contributed by atoms with Gasteiger partial charge in [-0.2, -0.15) is 0 Å². The van der Waals surface area contributed by atoms with Gasteiger partial charge in [-0.05, 0) is 26.2 Å². The topological polar surface area (TPSA) is 66.0 Å². The van der Waals surface area contributed by atoms with E-state index in [1.54, 1.807) is 7.11 Å². The molecule has 0 aromatic rings. The molecule has 0 aromatic carbocycles. The number of rotatable bonds is 5. The third-order valence-corrected chi connectivity index (χ3v) is 5.13. The Bertz CT molecular complexity index is 388. The maximum Gasteiger partial charge on any atom is 0.255 e. The lowest BCUT2D eigenvalue weighted by molar-refractivity contribution is -0.201. The van der Waals surface area contributed by atoms with Crippen LogP contribution in [0.25, 0.3) is 0 Å². The van der Waals surface area contributed by atoms with E-state index in [4.69, 9.17) is 18.9 Å². The molecule has 120 valence electrons. The maximum atomic E-state index is 12.6. The van der Waals surface area contributed by atoms with Gasteiger partial charge in [-0.3, -0.25) is 4.79 Å². The van der Waals surface area contributed by atoms with Crippen LogP contribution in [0.15, 0.2) is 0 Å². The first-order valence-corrected chi connectivity index (χ1v) is 7.86. The number of nitrogens with one attached hydrogen (secondary N) is 1. The first-order chi connectivity index (χ1) is 10.2. The number of amides is 1. The fourth-order valence-electron chi connectivity index (χ4n) is 3.75. The number of ether oxygens (including phenoxy) is 4. The van der Waals surface area contributed by atoms with Gasteiger partial charge in [0.1, 0.15) is 5.60 Å². The van der Waals surface area contributed by atoms with Gasteiger partial charge in [-0.1, -0.05) is 0 Å². The predicted molar refractivity (Wildman–Crippen MR) is 75.1 cm³/mol. The van der Waals surface area contributed by atoms with Crippen LogP contribution in [0.3, 0.4) is 0 Å². The minimum Gasteiger partial charge on any atom is -0.378 e. The Labute approximate surface area is 125 Å². The lowest BCUT2D eigenvalue weighted by Crippen LogP contribution is -2.71. The molecule has 3 aliphatic rings. The van der Waals surface area contributed by atoms with Crippen LogP contribution in [0.2, 0.25) is 0 Å². The van der Waals surface area contributed by atoms with Gasteiger partial charge in [0.15, 0.2) is 5.60 Å². The Morgan fingerprint density at radius 3 is 2.81 bits per heavy atom. The number of hydrogen-bond acceptors (Lipinski definition) is 5. The highest BCUT2D eigenvalue weighted by atomic mass is 16.6. The van der Waals surface area contributed by atoms with Gasteiger partial charge in [-0.25, -0.2) is 0 Å². The SMILES string of the molecule is CCOC1CC(NC(=O)C2(OC)CCOC2)C12CCCO2. The molecule has 0 radical (unpaired) electrons.